The Balaban J connectivity index is 1.79. The molecule has 2 aromatic rings. The van der Waals surface area contributed by atoms with Crippen LogP contribution < -0.4 is 10.6 Å². The minimum Gasteiger partial charge on any atom is -0.461 e. The zero-order valence-corrected chi connectivity index (χ0v) is 19.0. The Morgan fingerprint density at radius 1 is 1.03 bits per heavy atom. The number of anilines is 1. The number of hydrogen-bond acceptors (Lipinski definition) is 5. The molecule has 0 atom stereocenters. The highest BCUT2D eigenvalue weighted by molar-refractivity contribution is 7.80. The van der Waals surface area contributed by atoms with Crippen molar-refractivity contribution in [2.24, 2.45) is 0 Å². The normalized spacial score (nSPS) is 10.8. The highest BCUT2D eigenvalue weighted by atomic mass is 32.1. The number of rotatable bonds is 9. The maximum Gasteiger partial charge on any atom is 0.338 e. The van der Waals surface area contributed by atoms with Gasteiger partial charge >= 0.3 is 5.97 Å². The summed E-state index contributed by atoms with van der Waals surface area (Å²) in [7, 11) is 0. The third-order valence-electron chi connectivity index (χ3n) is 4.65. The summed E-state index contributed by atoms with van der Waals surface area (Å²) in [5.41, 5.74) is 3.21. The van der Waals surface area contributed by atoms with Crippen LogP contribution in [0.25, 0.3) is 6.08 Å². The zero-order chi connectivity index (χ0) is 22.6. The first-order chi connectivity index (χ1) is 14.9. The van der Waals surface area contributed by atoms with E-state index in [4.69, 9.17) is 17.0 Å². The van der Waals surface area contributed by atoms with Gasteiger partial charge in [0, 0.05) is 18.3 Å². The van der Waals surface area contributed by atoms with Crippen molar-refractivity contribution in [3.63, 3.8) is 0 Å². The van der Waals surface area contributed by atoms with E-state index in [1.165, 1.54) is 6.08 Å². The van der Waals surface area contributed by atoms with E-state index in [1.807, 2.05) is 31.2 Å². The van der Waals surface area contributed by atoms with Gasteiger partial charge in [0.05, 0.1) is 5.56 Å². The SMILES string of the molecule is CCN(CC)CCOC(=O)c1ccc(NC(=S)NC(=O)C=Cc2ccc(C)cc2)cc1. The third-order valence-corrected chi connectivity index (χ3v) is 4.86. The van der Waals surface area contributed by atoms with Gasteiger partial charge < -0.3 is 15.0 Å². The second kappa shape index (κ2) is 12.6. The highest BCUT2D eigenvalue weighted by Crippen LogP contribution is 2.11. The van der Waals surface area contributed by atoms with E-state index in [0.717, 1.165) is 24.2 Å². The predicted octanol–water partition coefficient (Wildman–Crippen LogP) is 4.02. The lowest BCUT2D eigenvalue weighted by Gasteiger charge is -2.17. The molecule has 7 heteroatoms. The van der Waals surface area contributed by atoms with Crippen LogP contribution in [0.4, 0.5) is 5.69 Å². The number of benzene rings is 2. The summed E-state index contributed by atoms with van der Waals surface area (Å²) in [6.07, 6.45) is 3.15. The first-order valence-electron chi connectivity index (χ1n) is 10.3. The van der Waals surface area contributed by atoms with E-state index in [1.54, 1.807) is 30.3 Å². The van der Waals surface area contributed by atoms with Crippen LogP contribution in [0.1, 0.15) is 35.3 Å². The molecule has 0 aliphatic carbocycles. The van der Waals surface area contributed by atoms with Crippen LogP contribution >= 0.6 is 12.2 Å². The molecule has 1 amide bonds. The number of nitrogens with zero attached hydrogens (tertiary/aromatic N) is 1. The van der Waals surface area contributed by atoms with Crippen LogP contribution in [0, 0.1) is 6.92 Å². The van der Waals surface area contributed by atoms with E-state index >= 15 is 0 Å². The Hall–Kier alpha value is -3.03. The largest absolute Gasteiger partial charge is 0.461 e. The van der Waals surface area contributed by atoms with Crippen molar-refractivity contribution in [2.75, 3.05) is 31.6 Å². The number of aryl methyl sites for hydroxylation is 1. The molecule has 0 heterocycles. The summed E-state index contributed by atoms with van der Waals surface area (Å²) in [6, 6.07) is 14.6. The van der Waals surface area contributed by atoms with E-state index in [-0.39, 0.29) is 17.0 Å². The zero-order valence-electron chi connectivity index (χ0n) is 18.2. The predicted molar refractivity (Wildman–Crippen MR) is 129 cm³/mol. The van der Waals surface area contributed by atoms with Gasteiger partial charge in [0.1, 0.15) is 6.61 Å². The Bertz CT molecular complexity index is 905. The summed E-state index contributed by atoms with van der Waals surface area (Å²) in [4.78, 5) is 26.4. The second-order valence-electron chi connectivity index (χ2n) is 6.93. The van der Waals surface area contributed by atoms with Gasteiger partial charge in [0.15, 0.2) is 5.11 Å². The smallest absolute Gasteiger partial charge is 0.338 e. The molecule has 0 radical (unpaired) electrons. The average molecular weight is 440 g/mol. The van der Waals surface area contributed by atoms with Crippen LogP contribution in [-0.4, -0.2) is 48.1 Å². The summed E-state index contributed by atoms with van der Waals surface area (Å²) < 4.78 is 5.31. The van der Waals surface area contributed by atoms with Gasteiger partial charge in [-0.2, -0.15) is 0 Å². The van der Waals surface area contributed by atoms with Gasteiger partial charge in [0.25, 0.3) is 0 Å². The average Bonchev–Trinajstić information content (AvgIpc) is 2.76. The summed E-state index contributed by atoms with van der Waals surface area (Å²) in [5, 5.41) is 5.69. The lowest BCUT2D eigenvalue weighted by molar-refractivity contribution is -0.115. The molecule has 0 spiro atoms. The lowest BCUT2D eigenvalue weighted by Crippen LogP contribution is -2.32. The molecule has 0 saturated carbocycles. The van der Waals surface area contributed by atoms with Gasteiger partial charge in [-0.25, -0.2) is 4.79 Å². The molecule has 0 bridgehead atoms. The lowest BCUT2D eigenvalue weighted by atomic mass is 10.1. The summed E-state index contributed by atoms with van der Waals surface area (Å²) in [5.74, 6) is -0.692. The van der Waals surface area contributed by atoms with Gasteiger partial charge in [-0.05, 0) is 68.1 Å². The van der Waals surface area contributed by atoms with Crippen molar-refractivity contribution in [1.29, 1.82) is 0 Å². The molecule has 31 heavy (non-hydrogen) atoms. The number of carbonyl (C=O) groups is 2. The second-order valence-corrected chi connectivity index (χ2v) is 7.34. The van der Waals surface area contributed by atoms with Gasteiger partial charge in [0.2, 0.25) is 5.91 Å². The number of carbonyl (C=O) groups excluding carboxylic acids is 2. The number of likely N-dealkylation sites (N-methyl/N-ethyl adjacent to an activating group) is 1. The van der Waals surface area contributed by atoms with E-state index in [0.29, 0.717) is 24.4 Å². The molecule has 0 aliphatic heterocycles. The van der Waals surface area contributed by atoms with Crippen LogP contribution in [0.2, 0.25) is 0 Å². The Labute approximate surface area is 189 Å². The minimum atomic E-state index is -0.365. The summed E-state index contributed by atoms with van der Waals surface area (Å²) in [6.45, 7) is 9.07. The molecule has 0 aliphatic rings. The first kappa shape index (κ1) is 24.2. The minimum absolute atomic E-state index is 0.174. The summed E-state index contributed by atoms with van der Waals surface area (Å²) >= 11 is 5.18. The fourth-order valence-electron chi connectivity index (χ4n) is 2.75. The monoisotopic (exact) mass is 439 g/mol. The maximum atomic E-state index is 12.1. The van der Waals surface area contributed by atoms with E-state index in [2.05, 4.69) is 29.4 Å². The molecule has 164 valence electrons. The van der Waals surface area contributed by atoms with Crippen LogP contribution in [0.15, 0.2) is 54.6 Å². The van der Waals surface area contributed by atoms with E-state index in [9.17, 15) is 9.59 Å². The highest BCUT2D eigenvalue weighted by Gasteiger charge is 2.09. The van der Waals surface area contributed by atoms with Crippen molar-refractivity contribution < 1.29 is 14.3 Å². The Kier molecular flexibility index (Phi) is 9.87. The maximum absolute atomic E-state index is 12.1. The van der Waals surface area contributed by atoms with Gasteiger partial charge in [-0.1, -0.05) is 43.7 Å². The molecule has 0 saturated heterocycles. The fraction of sp³-hybridized carbons (Fsp3) is 0.292. The van der Waals surface area contributed by atoms with E-state index < -0.39 is 0 Å². The first-order valence-corrected chi connectivity index (χ1v) is 10.7. The third kappa shape index (κ3) is 8.70. The topological polar surface area (TPSA) is 70.7 Å². The van der Waals surface area contributed by atoms with Crippen molar-refractivity contribution in [1.82, 2.24) is 10.2 Å². The number of nitrogens with one attached hydrogen (secondary N) is 2. The van der Waals surface area contributed by atoms with Gasteiger partial charge in [-0.3, -0.25) is 10.1 Å². The van der Waals surface area contributed by atoms with Crippen LogP contribution in [-0.2, 0) is 9.53 Å². The van der Waals surface area contributed by atoms with Crippen molar-refractivity contribution >= 4 is 41.0 Å². The molecule has 0 aromatic heterocycles. The molecule has 2 rings (SSSR count). The molecular weight excluding hydrogens is 410 g/mol. The number of ether oxygens (including phenoxy) is 1. The van der Waals surface area contributed by atoms with Gasteiger partial charge in [-0.15, -0.1) is 0 Å². The Morgan fingerprint density at radius 3 is 2.29 bits per heavy atom. The molecular formula is C24H29N3O3S. The molecule has 2 N–H and O–H groups in total. The van der Waals surface area contributed by atoms with Crippen molar-refractivity contribution in [3.05, 3.63) is 71.3 Å². The standard InChI is InChI=1S/C24H29N3O3S/c1-4-27(5-2)16-17-30-23(29)20-11-13-21(14-12-20)25-24(31)26-22(28)15-10-19-8-6-18(3)7-9-19/h6-15H,4-5,16-17H2,1-3H3,(H2,25,26,28,31). The fourth-order valence-corrected chi connectivity index (χ4v) is 2.96. The Morgan fingerprint density at radius 2 is 1.68 bits per heavy atom. The molecule has 0 unspecified atom stereocenters. The molecule has 2 aromatic carbocycles. The number of esters is 1. The number of hydrogen-bond donors (Lipinski definition) is 2. The van der Waals surface area contributed by atoms with Crippen molar-refractivity contribution in [2.45, 2.75) is 20.8 Å². The van der Waals surface area contributed by atoms with Crippen molar-refractivity contribution in [3.8, 4) is 0 Å². The van der Waals surface area contributed by atoms with Crippen LogP contribution in [0.3, 0.4) is 0 Å². The number of amides is 1. The quantitative estimate of drug-likeness (QED) is 0.349. The van der Waals surface area contributed by atoms with Crippen LogP contribution in [0.5, 0.6) is 0 Å². The number of thiocarbonyl (C=S) groups is 1. The molecule has 6 nitrogen and oxygen atoms in total. The molecule has 0 fully saturated rings.